The summed E-state index contributed by atoms with van der Waals surface area (Å²) in [5, 5.41) is 0. The van der Waals surface area contributed by atoms with Crippen LogP contribution in [-0.2, 0) is 0 Å². The van der Waals surface area contributed by atoms with E-state index in [1.807, 2.05) is 0 Å². The van der Waals surface area contributed by atoms with Gasteiger partial charge in [-0.25, -0.2) is 4.98 Å². The molecule has 3 nitrogen and oxygen atoms in total. The summed E-state index contributed by atoms with van der Waals surface area (Å²) in [6.07, 6.45) is -3.24. The van der Waals surface area contributed by atoms with E-state index in [0.29, 0.717) is 9.86 Å². The number of alkyl halides is 3. The molecule has 1 rings (SSSR count). The molecule has 0 aliphatic carbocycles. The highest BCUT2D eigenvalue weighted by atomic mass is 127. The second-order valence-corrected chi connectivity index (χ2v) is 3.37. The van der Waals surface area contributed by atoms with Crippen molar-refractivity contribution in [2.75, 3.05) is 0 Å². The van der Waals surface area contributed by atoms with Crippen molar-refractivity contribution in [3.05, 3.63) is 21.4 Å². The number of carbonyl (C=O) groups excluding carboxylic acids is 1. The number of hydrogen-bond acceptors (Lipinski definition) is 3. The smallest absolute Gasteiger partial charge is 0.388 e. The van der Waals surface area contributed by atoms with E-state index >= 15 is 0 Å². The minimum Gasteiger partial charge on any atom is -0.388 e. The maximum absolute atomic E-state index is 11.7. The van der Waals surface area contributed by atoms with Crippen LogP contribution in [0.3, 0.4) is 0 Å². The van der Waals surface area contributed by atoms with E-state index < -0.39 is 12.2 Å². The first-order valence-corrected chi connectivity index (χ1v) is 4.37. The summed E-state index contributed by atoms with van der Waals surface area (Å²) >= 11 is 1.72. The van der Waals surface area contributed by atoms with Gasteiger partial charge in [-0.15, -0.1) is 13.2 Å². The lowest BCUT2D eigenvalue weighted by molar-refractivity contribution is -0.276. The Kier molecular flexibility index (Phi) is 3.29. The third-order valence-electron chi connectivity index (χ3n) is 1.20. The van der Waals surface area contributed by atoms with Crippen LogP contribution < -0.4 is 4.74 Å². The predicted molar refractivity (Wildman–Crippen MR) is 49.0 cm³/mol. The molecule has 1 aromatic heterocycles. The van der Waals surface area contributed by atoms with Gasteiger partial charge in [0.05, 0.1) is 0 Å². The lowest BCUT2D eigenvalue weighted by Crippen LogP contribution is -2.18. The third-order valence-corrected chi connectivity index (χ3v) is 2.14. The highest BCUT2D eigenvalue weighted by Gasteiger charge is 2.31. The molecule has 7 heteroatoms. The Morgan fingerprint density at radius 1 is 1.50 bits per heavy atom. The number of halogens is 4. The van der Waals surface area contributed by atoms with Crippen LogP contribution in [0, 0.1) is 3.57 Å². The predicted octanol–water partition coefficient (Wildman–Crippen LogP) is 2.40. The molecule has 0 atom stereocenters. The second kappa shape index (κ2) is 4.11. The van der Waals surface area contributed by atoms with Gasteiger partial charge >= 0.3 is 6.36 Å². The van der Waals surface area contributed by atoms with Crippen molar-refractivity contribution in [2.45, 2.75) is 6.36 Å². The number of ether oxygens (including phenoxy) is 1. The second-order valence-electron chi connectivity index (χ2n) is 2.21. The molecule has 76 valence electrons. The van der Waals surface area contributed by atoms with E-state index in [1.54, 1.807) is 22.6 Å². The molecule has 0 saturated carbocycles. The fourth-order valence-electron chi connectivity index (χ4n) is 0.685. The van der Waals surface area contributed by atoms with Gasteiger partial charge in [-0.2, -0.15) is 0 Å². The quantitative estimate of drug-likeness (QED) is 0.621. The minimum atomic E-state index is -4.77. The van der Waals surface area contributed by atoms with Crippen LogP contribution >= 0.6 is 22.6 Å². The molecule has 0 spiro atoms. The van der Waals surface area contributed by atoms with Crippen molar-refractivity contribution >= 4 is 28.9 Å². The van der Waals surface area contributed by atoms with E-state index in [-0.39, 0.29) is 5.56 Å². The molecule has 0 saturated heterocycles. The van der Waals surface area contributed by atoms with Crippen LogP contribution in [0.25, 0.3) is 0 Å². The number of rotatable bonds is 2. The zero-order chi connectivity index (χ0) is 10.8. The van der Waals surface area contributed by atoms with Crippen molar-refractivity contribution in [3.63, 3.8) is 0 Å². The molecule has 0 aliphatic heterocycles. The van der Waals surface area contributed by atoms with Gasteiger partial charge in [-0.1, -0.05) is 0 Å². The van der Waals surface area contributed by atoms with Crippen LogP contribution in [0.1, 0.15) is 10.4 Å². The van der Waals surface area contributed by atoms with Crippen molar-refractivity contribution in [1.82, 2.24) is 4.98 Å². The van der Waals surface area contributed by atoms with Gasteiger partial charge in [0.25, 0.3) is 0 Å². The van der Waals surface area contributed by atoms with Gasteiger partial charge in [-0.05, 0) is 22.6 Å². The number of carbonyl (C=O) groups is 1. The summed E-state index contributed by atoms with van der Waals surface area (Å²) in [5.74, 6) is -0.576. The molecule has 14 heavy (non-hydrogen) atoms. The lowest BCUT2D eigenvalue weighted by atomic mass is 10.3. The average molecular weight is 317 g/mol. The molecule has 0 bridgehead atoms. The third kappa shape index (κ3) is 3.13. The first kappa shape index (κ1) is 11.2. The van der Waals surface area contributed by atoms with Crippen LogP contribution in [-0.4, -0.2) is 17.6 Å². The van der Waals surface area contributed by atoms with Crippen molar-refractivity contribution < 1.29 is 22.7 Å². The van der Waals surface area contributed by atoms with E-state index in [2.05, 4.69) is 9.72 Å². The zero-order valence-corrected chi connectivity index (χ0v) is 8.67. The van der Waals surface area contributed by atoms with Gasteiger partial charge in [0.2, 0.25) is 5.88 Å². The van der Waals surface area contributed by atoms with Crippen LogP contribution in [0.4, 0.5) is 13.2 Å². The molecule has 0 unspecified atom stereocenters. The zero-order valence-electron chi connectivity index (χ0n) is 6.51. The van der Waals surface area contributed by atoms with Gasteiger partial charge in [0.15, 0.2) is 6.29 Å². The van der Waals surface area contributed by atoms with Crippen molar-refractivity contribution in [3.8, 4) is 5.88 Å². The van der Waals surface area contributed by atoms with Crippen molar-refractivity contribution in [2.24, 2.45) is 0 Å². The number of hydrogen-bond donors (Lipinski definition) is 0. The molecule has 0 aromatic carbocycles. The van der Waals surface area contributed by atoms with E-state index in [1.165, 1.54) is 0 Å². The molecule has 0 fully saturated rings. The number of pyridine rings is 1. The van der Waals surface area contributed by atoms with Gasteiger partial charge in [0.1, 0.15) is 0 Å². The topological polar surface area (TPSA) is 39.2 Å². The molecule has 1 heterocycles. The SMILES string of the molecule is O=Cc1cnc(OC(F)(F)F)cc1I. The van der Waals surface area contributed by atoms with Crippen LogP contribution in [0.15, 0.2) is 12.3 Å². The van der Waals surface area contributed by atoms with E-state index in [4.69, 9.17) is 0 Å². The molecule has 0 N–H and O–H groups in total. The molecular weight excluding hydrogens is 314 g/mol. The fourth-order valence-corrected chi connectivity index (χ4v) is 1.22. The standard InChI is InChI=1S/C7H3F3INO2/c8-7(9,10)14-6-1-5(11)4(3-13)2-12-6/h1-3H. The molecule has 1 aromatic rings. The maximum atomic E-state index is 11.7. The molecular formula is C7H3F3INO2. The lowest BCUT2D eigenvalue weighted by Gasteiger charge is -2.07. The van der Waals surface area contributed by atoms with Crippen LogP contribution in [0.5, 0.6) is 5.88 Å². The average Bonchev–Trinajstić information content (AvgIpc) is 2.01. The van der Waals surface area contributed by atoms with Crippen LogP contribution in [0.2, 0.25) is 0 Å². The Bertz CT molecular complexity index is 353. The Labute approximate surface area is 90.4 Å². The molecule has 0 amide bonds. The molecule has 0 radical (unpaired) electrons. The van der Waals surface area contributed by atoms with Gasteiger partial charge < -0.3 is 4.74 Å². The monoisotopic (exact) mass is 317 g/mol. The first-order chi connectivity index (χ1) is 6.42. The normalized spacial score (nSPS) is 11.1. The summed E-state index contributed by atoms with van der Waals surface area (Å²) in [7, 11) is 0. The summed E-state index contributed by atoms with van der Waals surface area (Å²) < 4.78 is 39.1. The highest BCUT2D eigenvalue weighted by Crippen LogP contribution is 2.22. The summed E-state index contributed by atoms with van der Waals surface area (Å²) in [6.45, 7) is 0. The first-order valence-electron chi connectivity index (χ1n) is 3.29. The number of aromatic nitrogens is 1. The summed E-state index contributed by atoms with van der Waals surface area (Å²) in [4.78, 5) is 13.6. The highest BCUT2D eigenvalue weighted by molar-refractivity contribution is 14.1. The largest absolute Gasteiger partial charge is 0.574 e. The summed E-state index contributed by atoms with van der Waals surface area (Å²) in [6, 6.07) is 1.04. The van der Waals surface area contributed by atoms with E-state index in [9.17, 15) is 18.0 Å². The maximum Gasteiger partial charge on any atom is 0.574 e. The Morgan fingerprint density at radius 3 is 2.57 bits per heavy atom. The van der Waals surface area contributed by atoms with Gasteiger partial charge in [0, 0.05) is 21.4 Å². The Morgan fingerprint density at radius 2 is 2.14 bits per heavy atom. The Balaban J connectivity index is 2.92. The molecule has 0 aliphatic rings. The number of aldehydes is 1. The summed E-state index contributed by atoms with van der Waals surface area (Å²) in [5.41, 5.74) is 0.222. The fraction of sp³-hybridized carbons (Fsp3) is 0.143. The van der Waals surface area contributed by atoms with Gasteiger partial charge in [-0.3, -0.25) is 4.79 Å². The van der Waals surface area contributed by atoms with Crippen molar-refractivity contribution in [1.29, 1.82) is 0 Å². The number of nitrogens with zero attached hydrogens (tertiary/aromatic N) is 1. The minimum absolute atomic E-state index is 0.222. The van der Waals surface area contributed by atoms with E-state index in [0.717, 1.165) is 12.3 Å². The Hall–Kier alpha value is -0.860.